The van der Waals surface area contributed by atoms with E-state index in [1.807, 2.05) is 5.38 Å². The molecule has 5 heteroatoms. The van der Waals surface area contributed by atoms with Crippen molar-refractivity contribution in [1.82, 2.24) is 4.98 Å². The molecule has 2 N–H and O–H groups in total. The van der Waals surface area contributed by atoms with Crippen LogP contribution in [0.5, 0.6) is 5.75 Å². The Morgan fingerprint density at radius 3 is 2.69 bits per heavy atom. The lowest BCUT2D eigenvalue weighted by molar-refractivity contribution is 0.0740. The third-order valence-corrected chi connectivity index (χ3v) is 8.15. The van der Waals surface area contributed by atoms with Crippen LogP contribution in [0.15, 0.2) is 23.6 Å². The van der Waals surface area contributed by atoms with Crippen molar-refractivity contribution in [2.24, 2.45) is 17.8 Å². The van der Waals surface area contributed by atoms with Crippen molar-refractivity contribution in [2.45, 2.75) is 71.0 Å². The predicted octanol–water partition coefficient (Wildman–Crippen LogP) is 4.72. The first-order chi connectivity index (χ1) is 14.1. The van der Waals surface area contributed by atoms with Gasteiger partial charge >= 0.3 is 0 Å². The number of fused-ring (bicyclic) bond motifs is 1. The Labute approximate surface area is 178 Å². The SMILES string of the molecule is CCc1ccc(OC[C@@H]2[C@H]3CC[C@H](c4nc(CO)cs4)C[C@H]3C[C@@H]2O)cc1CC. The highest BCUT2D eigenvalue weighted by Gasteiger charge is 2.46. The Bertz CT molecular complexity index is 820. The zero-order valence-electron chi connectivity index (χ0n) is 17.5. The number of aliphatic hydroxyl groups is 2. The molecule has 4 nitrogen and oxygen atoms in total. The number of thiazole rings is 1. The van der Waals surface area contributed by atoms with E-state index in [0.29, 0.717) is 24.4 Å². The molecule has 2 aliphatic carbocycles. The molecule has 0 saturated heterocycles. The molecule has 29 heavy (non-hydrogen) atoms. The van der Waals surface area contributed by atoms with Gasteiger partial charge in [-0.3, -0.25) is 0 Å². The molecule has 2 aromatic rings. The van der Waals surface area contributed by atoms with Crippen molar-refractivity contribution in [1.29, 1.82) is 0 Å². The minimum Gasteiger partial charge on any atom is -0.493 e. The Hall–Kier alpha value is -1.43. The van der Waals surface area contributed by atoms with Crippen LogP contribution >= 0.6 is 11.3 Å². The molecule has 158 valence electrons. The molecule has 5 atom stereocenters. The number of hydrogen-bond acceptors (Lipinski definition) is 5. The van der Waals surface area contributed by atoms with Gasteiger partial charge in [0.2, 0.25) is 0 Å². The summed E-state index contributed by atoms with van der Waals surface area (Å²) < 4.78 is 6.18. The van der Waals surface area contributed by atoms with Crippen LogP contribution in [0.2, 0.25) is 0 Å². The fourth-order valence-corrected chi connectivity index (χ4v) is 6.45. The van der Waals surface area contributed by atoms with E-state index in [9.17, 15) is 10.2 Å². The van der Waals surface area contributed by atoms with Gasteiger partial charge in [-0.05, 0) is 73.6 Å². The molecule has 1 aromatic carbocycles. The standard InChI is InChI=1S/C24H33NO3S/c1-3-15-5-7-20(10-16(15)4-2)28-13-22-21-8-6-17(9-18(21)11-23(22)27)24-25-19(12-26)14-29-24/h5,7,10,14,17-18,21-23,26-27H,3-4,6,8-9,11-13H2,1-2H3/t17-,18-,21-,22+,23-/m0/s1. The highest BCUT2D eigenvalue weighted by molar-refractivity contribution is 7.09. The smallest absolute Gasteiger partial charge is 0.119 e. The molecular weight excluding hydrogens is 382 g/mol. The minimum atomic E-state index is -0.270. The van der Waals surface area contributed by atoms with Gasteiger partial charge in [-0.1, -0.05) is 19.9 Å². The summed E-state index contributed by atoms with van der Waals surface area (Å²) in [6.07, 6.45) is 6.03. The van der Waals surface area contributed by atoms with Gasteiger partial charge < -0.3 is 14.9 Å². The second-order valence-corrected chi connectivity index (χ2v) is 9.57. The van der Waals surface area contributed by atoms with Crippen LogP contribution in [0.4, 0.5) is 0 Å². The van der Waals surface area contributed by atoms with Crippen LogP contribution in [-0.2, 0) is 19.4 Å². The molecular formula is C24H33NO3S. The van der Waals surface area contributed by atoms with E-state index < -0.39 is 0 Å². The van der Waals surface area contributed by atoms with Gasteiger partial charge in [0, 0.05) is 17.2 Å². The van der Waals surface area contributed by atoms with E-state index in [1.54, 1.807) is 11.3 Å². The molecule has 2 fully saturated rings. The van der Waals surface area contributed by atoms with Crippen LogP contribution in [0, 0.1) is 17.8 Å². The molecule has 1 heterocycles. The Morgan fingerprint density at radius 2 is 1.97 bits per heavy atom. The summed E-state index contributed by atoms with van der Waals surface area (Å²) in [5.74, 6) is 2.72. The molecule has 0 spiro atoms. The fraction of sp³-hybridized carbons (Fsp3) is 0.625. The first-order valence-corrected chi connectivity index (χ1v) is 12.0. The summed E-state index contributed by atoms with van der Waals surface area (Å²) in [4.78, 5) is 4.59. The molecule has 1 aromatic heterocycles. The maximum absolute atomic E-state index is 10.8. The second kappa shape index (κ2) is 9.15. The number of rotatable bonds is 7. The maximum atomic E-state index is 10.8. The van der Waals surface area contributed by atoms with Crippen molar-refractivity contribution >= 4 is 11.3 Å². The van der Waals surface area contributed by atoms with Gasteiger partial charge in [-0.15, -0.1) is 11.3 Å². The van der Waals surface area contributed by atoms with E-state index in [4.69, 9.17) is 4.74 Å². The van der Waals surface area contributed by atoms with Crippen molar-refractivity contribution in [3.05, 3.63) is 45.4 Å². The van der Waals surface area contributed by atoms with E-state index in [-0.39, 0.29) is 18.6 Å². The molecule has 0 amide bonds. The Morgan fingerprint density at radius 1 is 1.14 bits per heavy atom. The Kier molecular flexibility index (Phi) is 6.57. The molecule has 2 saturated carbocycles. The van der Waals surface area contributed by atoms with E-state index in [1.165, 1.54) is 11.1 Å². The summed E-state index contributed by atoms with van der Waals surface area (Å²) in [7, 11) is 0. The van der Waals surface area contributed by atoms with Crippen LogP contribution in [0.1, 0.15) is 67.3 Å². The average molecular weight is 416 g/mol. The first-order valence-electron chi connectivity index (χ1n) is 11.1. The summed E-state index contributed by atoms with van der Waals surface area (Å²) in [5, 5.41) is 23.2. The second-order valence-electron chi connectivity index (χ2n) is 8.68. The summed E-state index contributed by atoms with van der Waals surface area (Å²) in [6.45, 7) is 5.00. The molecule has 0 bridgehead atoms. The highest BCUT2D eigenvalue weighted by atomic mass is 32.1. The lowest BCUT2D eigenvalue weighted by Crippen LogP contribution is -2.29. The minimum absolute atomic E-state index is 0.0202. The van der Waals surface area contributed by atoms with Gasteiger partial charge in [0.1, 0.15) is 5.75 Å². The van der Waals surface area contributed by atoms with Crippen LogP contribution < -0.4 is 4.74 Å². The van der Waals surface area contributed by atoms with Crippen molar-refractivity contribution < 1.29 is 14.9 Å². The van der Waals surface area contributed by atoms with E-state index in [0.717, 1.165) is 55.0 Å². The van der Waals surface area contributed by atoms with E-state index in [2.05, 4.69) is 37.0 Å². The lowest BCUT2D eigenvalue weighted by atomic mass is 9.73. The summed E-state index contributed by atoms with van der Waals surface area (Å²) in [6, 6.07) is 6.44. The molecule has 0 unspecified atom stereocenters. The molecule has 0 aliphatic heterocycles. The quantitative estimate of drug-likeness (QED) is 0.687. The van der Waals surface area contributed by atoms with Crippen molar-refractivity contribution in [3.8, 4) is 5.75 Å². The van der Waals surface area contributed by atoms with Gasteiger partial charge in [0.05, 0.1) is 30.0 Å². The number of hydrogen-bond donors (Lipinski definition) is 2. The number of nitrogens with zero attached hydrogens (tertiary/aromatic N) is 1. The van der Waals surface area contributed by atoms with Gasteiger partial charge in [0.25, 0.3) is 0 Å². The average Bonchev–Trinajstić information content (AvgIpc) is 3.35. The third kappa shape index (κ3) is 4.37. The van der Waals surface area contributed by atoms with Gasteiger partial charge in [0.15, 0.2) is 0 Å². The normalized spacial score (nSPS) is 29.0. The maximum Gasteiger partial charge on any atom is 0.119 e. The number of aryl methyl sites for hydroxylation is 2. The van der Waals surface area contributed by atoms with Crippen molar-refractivity contribution in [2.75, 3.05) is 6.61 Å². The number of ether oxygens (including phenoxy) is 1. The number of aliphatic hydroxyl groups excluding tert-OH is 2. The lowest BCUT2D eigenvalue weighted by Gasteiger charge is -2.33. The zero-order chi connectivity index (χ0) is 20.4. The van der Waals surface area contributed by atoms with Crippen LogP contribution in [0.25, 0.3) is 0 Å². The topological polar surface area (TPSA) is 62.6 Å². The zero-order valence-corrected chi connectivity index (χ0v) is 18.3. The van der Waals surface area contributed by atoms with Gasteiger partial charge in [-0.2, -0.15) is 0 Å². The molecule has 2 aliphatic rings. The Balaban J connectivity index is 1.38. The fourth-order valence-electron chi connectivity index (χ4n) is 5.49. The predicted molar refractivity (Wildman–Crippen MR) is 116 cm³/mol. The monoisotopic (exact) mass is 415 g/mol. The highest BCUT2D eigenvalue weighted by Crippen LogP contribution is 2.50. The first kappa shape index (κ1) is 20.8. The largest absolute Gasteiger partial charge is 0.493 e. The number of aromatic nitrogens is 1. The summed E-state index contributed by atoms with van der Waals surface area (Å²) in [5.41, 5.74) is 3.54. The molecule has 0 radical (unpaired) electrons. The van der Waals surface area contributed by atoms with Crippen LogP contribution in [-0.4, -0.2) is 27.9 Å². The molecule has 4 rings (SSSR count). The van der Waals surface area contributed by atoms with Crippen LogP contribution in [0.3, 0.4) is 0 Å². The third-order valence-electron chi connectivity index (χ3n) is 7.09. The summed E-state index contributed by atoms with van der Waals surface area (Å²) >= 11 is 1.67. The van der Waals surface area contributed by atoms with Crippen molar-refractivity contribution in [3.63, 3.8) is 0 Å². The van der Waals surface area contributed by atoms with E-state index >= 15 is 0 Å². The number of benzene rings is 1. The van der Waals surface area contributed by atoms with Gasteiger partial charge in [-0.25, -0.2) is 4.98 Å².